The van der Waals surface area contributed by atoms with Crippen molar-refractivity contribution in [3.63, 3.8) is 0 Å². The first kappa shape index (κ1) is 13.2. The number of carboxylic acid groups (broad SMARTS) is 1. The summed E-state index contributed by atoms with van der Waals surface area (Å²) in [6.45, 7) is -0.256. The van der Waals surface area contributed by atoms with E-state index >= 15 is 0 Å². The molecule has 6 heteroatoms. The van der Waals surface area contributed by atoms with Gasteiger partial charge in [0.05, 0.1) is 0 Å². The third kappa shape index (κ3) is 4.17. The van der Waals surface area contributed by atoms with Gasteiger partial charge in [-0.2, -0.15) is 0 Å². The fourth-order valence-electron chi connectivity index (χ4n) is 1.70. The van der Waals surface area contributed by atoms with Crippen LogP contribution in [0.15, 0.2) is 30.3 Å². The highest BCUT2D eigenvalue weighted by molar-refractivity contribution is 5.80. The standard InChI is InChI=1S/C13H16N2O4/c16-12(17)8-15(10-6-7-10)13(18)14-9-19-11-4-2-1-3-5-11/h1-5,10H,6-9H2,(H,14,18)(H,16,17). The molecule has 102 valence electrons. The number of benzene rings is 1. The summed E-state index contributed by atoms with van der Waals surface area (Å²) in [5.41, 5.74) is 0. The molecule has 1 aromatic carbocycles. The van der Waals surface area contributed by atoms with Crippen LogP contribution in [0.4, 0.5) is 4.79 Å². The quantitative estimate of drug-likeness (QED) is 0.759. The lowest BCUT2D eigenvalue weighted by atomic mass is 10.3. The third-order valence-electron chi connectivity index (χ3n) is 2.76. The minimum Gasteiger partial charge on any atom is -0.480 e. The van der Waals surface area contributed by atoms with Gasteiger partial charge in [0.2, 0.25) is 0 Å². The number of urea groups is 1. The second-order valence-corrected chi connectivity index (χ2v) is 4.34. The zero-order chi connectivity index (χ0) is 13.7. The van der Waals surface area contributed by atoms with E-state index in [-0.39, 0.29) is 19.3 Å². The van der Waals surface area contributed by atoms with Crippen LogP contribution in [0.2, 0.25) is 0 Å². The molecule has 2 amide bonds. The summed E-state index contributed by atoms with van der Waals surface area (Å²) >= 11 is 0. The van der Waals surface area contributed by atoms with Crippen LogP contribution in [0.5, 0.6) is 5.75 Å². The summed E-state index contributed by atoms with van der Waals surface area (Å²) in [5.74, 6) is -0.356. The first-order chi connectivity index (χ1) is 9.16. The zero-order valence-corrected chi connectivity index (χ0v) is 10.4. The zero-order valence-electron chi connectivity index (χ0n) is 10.4. The van der Waals surface area contributed by atoms with Crippen molar-refractivity contribution in [3.8, 4) is 5.75 Å². The first-order valence-corrected chi connectivity index (χ1v) is 6.11. The second kappa shape index (κ2) is 6.08. The Morgan fingerprint density at radius 1 is 1.32 bits per heavy atom. The van der Waals surface area contributed by atoms with Crippen molar-refractivity contribution >= 4 is 12.0 Å². The fraction of sp³-hybridized carbons (Fsp3) is 0.385. The molecule has 0 aromatic heterocycles. The van der Waals surface area contributed by atoms with Crippen LogP contribution >= 0.6 is 0 Å². The lowest BCUT2D eigenvalue weighted by Gasteiger charge is -2.20. The van der Waals surface area contributed by atoms with Crippen molar-refractivity contribution in [1.82, 2.24) is 10.2 Å². The number of nitrogens with one attached hydrogen (secondary N) is 1. The fourth-order valence-corrected chi connectivity index (χ4v) is 1.70. The Bertz CT molecular complexity index is 445. The summed E-state index contributed by atoms with van der Waals surface area (Å²) in [5, 5.41) is 11.3. The summed E-state index contributed by atoms with van der Waals surface area (Å²) < 4.78 is 5.33. The molecule has 0 unspecified atom stereocenters. The molecule has 0 atom stereocenters. The van der Waals surface area contributed by atoms with Crippen LogP contribution in [0.1, 0.15) is 12.8 Å². The number of carbonyl (C=O) groups is 2. The topological polar surface area (TPSA) is 78.9 Å². The van der Waals surface area contributed by atoms with Gasteiger partial charge in [-0.3, -0.25) is 4.79 Å². The van der Waals surface area contributed by atoms with Crippen molar-refractivity contribution in [1.29, 1.82) is 0 Å². The van der Waals surface area contributed by atoms with Gasteiger partial charge in [0.25, 0.3) is 0 Å². The predicted octanol–water partition coefficient (Wildman–Crippen LogP) is 1.28. The highest BCUT2D eigenvalue weighted by Crippen LogP contribution is 2.26. The van der Waals surface area contributed by atoms with E-state index in [1.54, 1.807) is 12.1 Å². The van der Waals surface area contributed by atoms with Crippen molar-refractivity contribution in [2.75, 3.05) is 13.3 Å². The number of carbonyl (C=O) groups excluding carboxylic acids is 1. The van der Waals surface area contributed by atoms with Crippen LogP contribution < -0.4 is 10.1 Å². The molecule has 0 radical (unpaired) electrons. The number of rotatable bonds is 6. The monoisotopic (exact) mass is 264 g/mol. The van der Waals surface area contributed by atoms with Gasteiger partial charge < -0.3 is 20.1 Å². The van der Waals surface area contributed by atoms with E-state index in [0.717, 1.165) is 12.8 Å². The number of nitrogens with zero attached hydrogens (tertiary/aromatic N) is 1. The second-order valence-electron chi connectivity index (χ2n) is 4.34. The molecule has 2 N–H and O–H groups in total. The van der Waals surface area contributed by atoms with Crippen molar-refractivity contribution in [2.45, 2.75) is 18.9 Å². The van der Waals surface area contributed by atoms with Crippen LogP contribution in [-0.4, -0.2) is 41.3 Å². The van der Waals surface area contributed by atoms with E-state index in [4.69, 9.17) is 9.84 Å². The summed E-state index contributed by atoms with van der Waals surface area (Å²) in [7, 11) is 0. The molecule has 1 aliphatic carbocycles. The lowest BCUT2D eigenvalue weighted by Crippen LogP contribution is -2.45. The van der Waals surface area contributed by atoms with Gasteiger partial charge in [-0.25, -0.2) is 4.79 Å². The number of amides is 2. The van der Waals surface area contributed by atoms with Crippen molar-refractivity contribution < 1.29 is 19.4 Å². The van der Waals surface area contributed by atoms with Crippen LogP contribution in [0, 0.1) is 0 Å². The molecule has 1 fully saturated rings. The maximum absolute atomic E-state index is 11.8. The van der Waals surface area contributed by atoms with Gasteiger partial charge in [-0.05, 0) is 25.0 Å². The molecule has 2 rings (SSSR count). The number of hydrogen-bond acceptors (Lipinski definition) is 3. The van der Waals surface area contributed by atoms with Gasteiger partial charge >= 0.3 is 12.0 Å². The van der Waals surface area contributed by atoms with E-state index < -0.39 is 12.0 Å². The molecule has 0 heterocycles. The summed E-state index contributed by atoms with van der Waals surface area (Å²) in [6.07, 6.45) is 1.72. The van der Waals surface area contributed by atoms with E-state index in [0.29, 0.717) is 5.75 Å². The number of ether oxygens (including phenoxy) is 1. The van der Waals surface area contributed by atoms with Gasteiger partial charge in [-0.1, -0.05) is 18.2 Å². The Morgan fingerprint density at radius 3 is 2.58 bits per heavy atom. The molecule has 1 aliphatic rings. The number of para-hydroxylation sites is 1. The van der Waals surface area contributed by atoms with Gasteiger partial charge in [0.15, 0.2) is 6.73 Å². The van der Waals surface area contributed by atoms with E-state index in [9.17, 15) is 9.59 Å². The molecule has 0 bridgehead atoms. The van der Waals surface area contributed by atoms with Crippen LogP contribution in [-0.2, 0) is 4.79 Å². The third-order valence-corrected chi connectivity index (χ3v) is 2.76. The first-order valence-electron chi connectivity index (χ1n) is 6.11. The maximum atomic E-state index is 11.8. The highest BCUT2D eigenvalue weighted by Gasteiger charge is 2.33. The molecule has 1 saturated carbocycles. The Hall–Kier alpha value is -2.24. The summed E-state index contributed by atoms with van der Waals surface area (Å²) in [6, 6.07) is 8.74. The van der Waals surface area contributed by atoms with Gasteiger partial charge in [0.1, 0.15) is 12.3 Å². The molecular weight excluding hydrogens is 248 g/mol. The minimum absolute atomic E-state index is 0.0195. The normalized spacial score (nSPS) is 13.7. The largest absolute Gasteiger partial charge is 0.480 e. The number of carboxylic acids is 1. The SMILES string of the molecule is O=C(O)CN(C(=O)NCOc1ccccc1)C1CC1. The smallest absolute Gasteiger partial charge is 0.323 e. The van der Waals surface area contributed by atoms with E-state index in [1.165, 1.54) is 4.90 Å². The Labute approximate surface area is 111 Å². The molecule has 6 nitrogen and oxygen atoms in total. The lowest BCUT2D eigenvalue weighted by molar-refractivity contribution is -0.137. The average molecular weight is 264 g/mol. The Kier molecular flexibility index (Phi) is 4.22. The number of hydrogen-bond donors (Lipinski definition) is 2. The minimum atomic E-state index is -1.01. The van der Waals surface area contributed by atoms with Crippen LogP contribution in [0.3, 0.4) is 0 Å². The van der Waals surface area contributed by atoms with Crippen molar-refractivity contribution in [3.05, 3.63) is 30.3 Å². The Balaban J connectivity index is 1.77. The predicted molar refractivity (Wildman–Crippen MR) is 67.8 cm³/mol. The van der Waals surface area contributed by atoms with E-state index in [2.05, 4.69) is 5.32 Å². The number of aliphatic carboxylic acids is 1. The van der Waals surface area contributed by atoms with Gasteiger partial charge in [-0.15, -0.1) is 0 Å². The molecule has 1 aromatic rings. The Morgan fingerprint density at radius 2 is 2.00 bits per heavy atom. The molecule has 0 spiro atoms. The molecule has 0 aliphatic heterocycles. The maximum Gasteiger partial charge on any atom is 0.323 e. The average Bonchev–Trinajstić information content (AvgIpc) is 3.21. The van der Waals surface area contributed by atoms with Crippen molar-refractivity contribution in [2.24, 2.45) is 0 Å². The van der Waals surface area contributed by atoms with Crippen LogP contribution in [0.25, 0.3) is 0 Å². The molecule has 0 saturated heterocycles. The van der Waals surface area contributed by atoms with Gasteiger partial charge in [0, 0.05) is 6.04 Å². The van der Waals surface area contributed by atoms with E-state index in [1.807, 2.05) is 18.2 Å². The molecule has 19 heavy (non-hydrogen) atoms. The molecular formula is C13H16N2O4. The highest BCUT2D eigenvalue weighted by atomic mass is 16.5. The summed E-state index contributed by atoms with van der Waals surface area (Å²) in [4.78, 5) is 23.8.